The van der Waals surface area contributed by atoms with Crippen LogP contribution >= 0.6 is 0 Å². The molecule has 0 amide bonds. The van der Waals surface area contributed by atoms with Crippen molar-refractivity contribution in [2.45, 2.75) is 26.3 Å². The van der Waals surface area contributed by atoms with Gasteiger partial charge in [0, 0.05) is 7.05 Å². The van der Waals surface area contributed by atoms with E-state index < -0.39 is 0 Å². The van der Waals surface area contributed by atoms with E-state index in [0.717, 1.165) is 18.7 Å². The van der Waals surface area contributed by atoms with Crippen LogP contribution in [-0.4, -0.2) is 21.5 Å². The van der Waals surface area contributed by atoms with Gasteiger partial charge in [0.1, 0.15) is 5.69 Å². The summed E-state index contributed by atoms with van der Waals surface area (Å²) in [4.78, 5) is 1.61. The highest BCUT2D eigenvalue weighted by atomic mass is 15.5. The highest BCUT2D eigenvalue weighted by Crippen LogP contribution is 2.22. The van der Waals surface area contributed by atoms with Crippen molar-refractivity contribution >= 4 is 0 Å². The third-order valence-electron chi connectivity index (χ3n) is 3.01. The van der Waals surface area contributed by atoms with Crippen LogP contribution in [0.1, 0.15) is 36.2 Å². The lowest BCUT2D eigenvalue weighted by molar-refractivity contribution is 0.567. The quantitative estimate of drug-likeness (QED) is 0.877. The molecule has 0 aliphatic rings. The zero-order valence-corrected chi connectivity index (χ0v) is 11.2. The molecule has 0 saturated carbocycles. The van der Waals surface area contributed by atoms with Gasteiger partial charge in [-0.3, -0.25) is 0 Å². The minimum Gasteiger partial charge on any atom is -0.305 e. The maximum Gasteiger partial charge on any atom is 0.104 e. The van der Waals surface area contributed by atoms with E-state index in [0.29, 0.717) is 0 Å². The fraction of sp³-hybridized carbons (Fsp3) is 0.429. The molecule has 1 atom stereocenters. The molecule has 4 heteroatoms. The number of hydrogen-bond acceptors (Lipinski definition) is 3. The summed E-state index contributed by atoms with van der Waals surface area (Å²) in [6.07, 6.45) is 2.93. The number of benzene rings is 1. The van der Waals surface area contributed by atoms with Crippen LogP contribution in [0.5, 0.6) is 0 Å². The Balaban J connectivity index is 2.33. The molecule has 0 spiro atoms. The van der Waals surface area contributed by atoms with E-state index in [2.05, 4.69) is 53.6 Å². The van der Waals surface area contributed by atoms with Crippen molar-refractivity contribution in [2.75, 3.05) is 6.54 Å². The van der Waals surface area contributed by atoms with Crippen LogP contribution in [0.3, 0.4) is 0 Å². The number of nitrogens with zero attached hydrogens (tertiary/aromatic N) is 3. The predicted molar refractivity (Wildman–Crippen MR) is 72.3 cm³/mol. The molecule has 2 aromatic rings. The Kier molecular flexibility index (Phi) is 4.10. The van der Waals surface area contributed by atoms with Crippen LogP contribution in [-0.2, 0) is 7.05 Å². The van der Waals surface area contributed by atoms with E-state index >= 15 is 0 Å². The second-order valence-electron chi connectivity index (χ2n) is 4.50. The van der Waals surface area contributed by atoms with Crippen LogP contribution in [0.4, 0.5) is 0 Å². The molecule has 0 bridgehead atoms. The Morgan fingerprint density at radius 1 is 1.33 bits per heavy atom. The lowest BCUT2D eigenvalue weighted by Crippen LogP contribution is -2.24. The lowest BCUT2D eigenvalue weighted by Gasteiger charge is -2.18. The number of nitrogens with one attached hydrogen (secondary N) is 1. The fourth-order valence-electron chi connectivity index (χ4n) is 2.07. The Morgan fingerprint density at radius 2 is 2.11 bits per heavy atom. The third kappa shape index (κ3) is 2.76. The molecule has 1 aromatic heterocycles. The van der Waals surface area contributed by atoms with Crippen molar-refractivity contribution in [1.82, 2.24) is 20.3 Å². The predicted octanol–water partition coefficient (Wildman–Crippen LogP) is 2.21. The molecule has 1 unspecified atom stereocenters. The van der Waals surface area contributed by atoms with Gasteiger partial charge in [0.05, 0.1) is 12.2 Å². The van der Waals surface area contributed by atoms with Crippen LogP contribution < -0.4 is 5.32 Å². The van der Waals surface area contributed by atoms with Gasteiger partial charge in [-0.15, -0.1) is 0 Å². The topological polar surface area (TPSA) is 42.7 Å². The third-order valence-corrected chi connectivity index (χ3v) is 3.01. The highest BCUT2D eigenvalue weighted by molar-refractivity contribution is 5.33. The molecule has 0 aliphatic carbocycles. The van der Waals surface area contributed by atoms with E-state index in [1.54, 1.807) is 4.80 Å². The van der Waals surface area contributed by atoms with E-state index in [1.165, 1.54) is 11.1 Å². The molecule has 1 aromatic carbocycles. The first-order valence-electron chi connectivity index (χ1n) is 6.37. The van der Waals surface area contributed by atoms with Gasteiger partial charge in [0.25, 0.3) is 0 Å². The van der Waals surface area contributed by atoms with Crippen LogP contribution in [0.2, 0.25) is 0 Å². The van der Waals surface area contributed by atoms with Gasteiger partial charge in [-0.1, -0.05) is 31.2 Å². The zero-order chi connectivity index (χ0) is 13.0. The molecule has 0 fully saturated rings. The molecule has 0 radical (unpaired) electrons. The van der Waals surface area contributed by atoms with Gasteiger partial charge in [-0.25, -0.2) is 0 Å². The fourth-order valence-corrected chi connectivity index (χ4v) is 2.07. The molecule has 1 N–H and O–H groups in total. The van der Waals surface area contributed by atoms with Crippen LogP contribution in [0.25, 0.3) is 0 Å². The minimum atomic E-state index is 0.125. The number of rotatable bonds is 5. The second-order valence-corrected chi connectivity index (χ2v) is 4.50. The van der Waals surface area contributed by atoms with Crippen molar-refractivity contribution < 1.29 is 0 Å². The van der Waals surface area contributed by atoms with Gasteiger partial charge in [0.15, 0.2) is 0 Å². The van der Waals surface area contributed by atoms with Crippen molar-refractivity contribution in [3.63, 3.8) is 0 Å². The summed E-state index contributed by atoms with van der Waals surface area (Å²) < 4.78 is 0. The zero-order valence-electron chi connectivity index (χ0n) is 11.2. The minimum absolute atomic E-state index is 0.125. The molecule has 18 heavy (non-hydrogen) atoms. The number of aromatic nitrogens is 3. The molecular weight excluding hydrogens is 224 g/mol. The normalized spacial score (nSPS) is 12.6. The summed E-state index contributed by atoms with van der Waals surface area (Å²) in [6, 6.07) is 8.54. The van der Waals surface area contributed by atoms with Crippen molar-refractivity contribution in [2.24, 2.45) is 7.05 Å². The van der Waals surface area contributed by atoms with Crippen LogP contribution in [0, 0.1) is 6.92 Å². The summed E-state index contributed by atoms with van der Waals surface area (Å²) in [5, 5.41) is 12.1. The second kappa shape index (κ2) is 5.78. The molecule has 96 valence electrons. The van der Waals surface area contributed by atoms with E-state index in [1.807, 2.05) is 13.2 Å². The molecule has 0 aliphatic heterocycles. The maximum atomic E-state index is 4.42. The van der Waals surface area contributed by atoms with Gasteiger partial charge in [-0.2, -0.15) is 15.0 Å². The SMILES string of the molecule is CCCNC(c1cnn(C)n1)c1ccccc1C. The first-order valence-corrected chi connectivity index (χ1v) is 6.37. The molecule has 4 nitrogen and oxygen atoms in total. The van der Waals surface area contributed by atoms with Crippen molar-refractivity contribution in [1.29, 1.82) is 0 Å². The Morgan fingerprint density at radius 3 is 2.72 bits per heavy atom. The molecule has 2 rings (SSSR count). The largest absolute Gasteiger partial charge is 0.305 e. The summed E-state index contributed by atoms with van der Waals surface area (Å²) in [7, 11) is 1.85. The Bertz CT molecular complexity index is 504. The first kappa shape index (κ1) is 12.8. The molecule has 1 heterocycles. The number of aryl methyl sites for hydroxylation is 2. The highest BCUT2D eigenvalue weighted by Gasteiger charge is 2.17. The number of hydrogen-bond donors (Lipinski definition) is 1. The standard InChI is InChI=1S/C14H20N4/c1-4-9-15-14(13-10-16-18(3)17-13)12-8-6-5-7-11(12)2/h5-8,10,14-15H,4,9H2,1-3H3. The summed E-state index contributed by atoms with van der Waals surface area (Å²) in [5.74, 6) is 0. The van der Waals surface area contributed by atoms with Gasteiger partial charge < -0.3 is 5.32 Å². The lowest BCUT2D eigenvalue weighted by atomic mass is 9.99. The van der Waals surface area contributed by atoms with Crippen LogP contribution in [0.15, 0.2) is 30.5 Å². The van der Waals surface area contributed by atoms with E-state index in [9.17, 15) is 0 Å². The van der Waals surface area contributed by atoms with Gasteiger partial charge in [-0.05, 0) is 31.0 Å². The van der Waals surface area contributed by atoms with Gasteiger partial charge in [0.2, 0.25) is 0 Å². The van der Waals surface area contributed by atoms with E-state index in [4.69, 9.17) is 0 Å². The molecular formula is C14H20N4. The molecule has 0 saturated heterocycles. The van der Waals surface area contributed by atoms with Crippen molar-refractivity contribution in [3.05, 3.63) is 47.3 Å². The Labute approximate surface area is 108 Å². The Hall–Kier alpha value is -1.68. The monoisotopic (exact) mass is 244 g/mol. The summed E-state index contributed by atoms with van der Waals surface area (Å²) in [6.45, 7) is 5.26. The average Bonchev–Trinajstić information content (AvgIpc) is 2.78. The van der Waals surface area contributed by atoms with Gasteiger partial charge >= 0.3 is 0 Å². The average molecular weight is 244 g/mol. The van der Waals surface area contributed by atoms with E-state index in [-0.39, 0.29) is 6.04 Å². The smallest absolute Gasteiger partial charge is 0.104 e. The first-order chi connectivity index (χ1) is 8.72. The summed E-state index contributed by atoms with van der Waals surface area (Å²) >= 11 is 0. The van der Waals surface area contributed by atoms with Crippen molar-refractivity contribution in [3.8, 4) is 0 Å². The maximum absolute atomic E-state index is 4.42. The summed E-state index contributed by atoms with van der Waals surface area (Å²) in [5.41, 5.74) is 3.52.